The summed E-state index contributed by atoms with van der Waals surface area (Å²) in [7, 11) is 0. The molecule has 40 heavy (non-hydrogen) atoms. The van der Waals surface area contributed by atoms with Crippen molar-refractivity contribution in [1.82, 2.24) is 0 Å². The SMILES string of the molecule is CCC(C)(C)Nc1cccc(NC(=O)C(C)(CC)c2ccc(Oc3cccc(C#Cc4ccccc4)c3)cc2)c1. The van der Waals surface area contributed by atoms with E-state index in [2.05, 4.69) is 43.2 Å². The number of benzene rings is 4. The van der Waals surface area contributed by atoms with Crippen LogP contribution in [0.15, 0.2) is 103 Å². The summed E-state index contributed by atoms with van der Waals surface area (Å²) in [6, 6.07) is 33.3. The third-order valence-electron chi connectivity index (χ3n) is 7.38. The maximum Gasteiger partial charge on any atom is 0.234 e. The van der Waals surface area contributed by atoms with E-state index in [0.29, 0.717) is 17.9 Å². The van der Waals surface area contributed by atoms with Crippen molar-refractivity contribution in [3.8, 4) is 23.3 Å². The first-order valence-electron chi connectivity index (χ1n) is 13.9. The molecular weight excluding hydrogens is 492 g/mol. The molecule has 0 bridgehead atoms. The molecule has 0 saturated heterocycles. The van der Waals surface area contributed by atoms with Gasteiger partial charge < -0.3 is 15.4 Å². The Hall–Kier alpha value is -4.49. The smallest absolute Gasteiger partial charge is 0.234 e. The van der Waals surface area contributed by atoms with Crippen LogP contribution in [0.5, 0.6) is 11.5 Å². The number of hydrogen-bond acceptors (Lipinski definition) is 3. The van der Waals surface area contributed by atoms with E-state index in [1.807, 2.05) is 117 Å². The lowest BCUT2D eigenvalue weighted by Crippen LogP contribution is -2.37. The molecule has 0 aliphatic rings. The van der Waals surface area contributed by atoms with Crippen LogP contribution in [0, 0.1) is 11.8 Å². The molecule has 0 aliphatic heterocycles. The third-order valence-corrected chi connectivity index (χ3v) is 7.38. The van der Waals surface area contributed by atoms with Gasteiger partial charge >= 0.3 is 0 Å². The van der Waals surface area contributed by atoms with Crippen LogP contribution in [0.25, 0.3) is 0 Å². The van der Waals surface area contributed by atoms with Crippen LogP contribution in [0.2, 0.25) is 0 Å². The van der Waals surface area contributed by atoms with Crippen LogP contribution in [-0.2, 0) is 10.2 Å². The average molecular weight is 531 g/mol. The van der Waals surface area contributed by atoms with E-state index < -0.39 is 5.41 Å². The number of ether oxygens (including phenoxy) is 1. The zero-order valence-corrected chi connectivity index (χ0v) is 24.0. The van der Waals surface area contributed by atoms with Crippen LogP contribution in [0.1, 0.15) is 64.2 Å². The Labute approximate surface area is 238 Å². The van der Waals surface area contributed by atoms with Crippen LogP contribution >= 0.6 is 0 Å². The summed E-state index contributed by atoms with van der Waals surface area (Å²) in [5.74, 6) is 7.75. The molecular formula is C36H38N2O2. The maximum absolute atomic E-state index is 13.5. The second kappa shape index (κ2) is 12.6. The predicted molar refractivity (Wildman–Crippen MR) is 166 cm³/mol. The van der Waals surface area contributed by atoms with E-state index in [0.717, 1.165) is 34.5 Å². The van der Waals surface area contributed by atoms with E-state index >= 15 is 0 Å². The normalized spacial score (nSPS) is 12.4. The molecule has 1 unspecified atom stereocenters. The summed E-state index contributed by atoms with van der Waals surface area (Å²) in [4.78, 5) is 13.5. The predicted octanol–water partition coefficient (Wildman–Crippen LogP) is 8.79. The summed E-state index contributed by atoms with van der Waals surface area (Å²) in [5, 5.41) is 6.67. The lowest BCUT2D eigenvalue weighted by atomic mass is 9.79. The van der Waals surface area contributed by atoms with E-state index in [-0.39, 0.29) is 11.4 Å². The molecule has 0 fully saturated rings. The molecule has 4 rings (SSSR count). The topological polar surface area (TPSA) is 50.4 Å². The Morgan fingerprint density at radius 1 is 0.700 bits per heavy atom. The number of rotatable bonds is 9. The van der Waals surface area contributed by atoms with E-state index in [4.69, 9.17) is 4.74 Å². The van der Waals surface area contributed by atoms with Gasteiger partial charge in [-0.1, -0.05) is 68.2 Å². The molecule has 204 valence electrons. The fraction of sp³-hybridized carbons (Fsp3) is 0.250. The van der Waals surface area contributed by atoms with Gasteiger partial charge in [-0.15, -0.1) is 0 Å². The zero-order valence-electron chi connectivity index (χ0n) is 24.0. The molecule has 0 heterocycles. The molecule has 1 amide bonds. The molecule has 0 spiro atoms. The fourth-order valence-corrected chi connectivity index (χ4v) is 4.25. The molecule has 4 aromatic carbocycles. The fourth-order valence-electron chi connectivity index (χ4n) is 4.25. The van der Waals surface area contributed by atoms with E-state index in [1.165, 1.54) is 0 Å². The van der Waals surface area contributed by atoms with Gasteiger partial charge in [0.05, 0.1) is 5.41 Å². The van der Waals surface area contributed by atoms with Gasteiger partial charge in [0.25, 0.3) is 0 Å². The minimum absolute atomic E-state index is 0.0265. The molecule has 4 aromatic rings. The summed E-state index contributed by atoms with van der Waals surface area (Å²) < 4.78 is 6.12. The molecule has 0 aromatic heterocycles. The highest BCUT2D eigenvalue weighted by Gasteiger charge is 2.33. The summed E-state index contributed by atoms with van der Waals surface area (Å²) in [5.41, 5.74) is 3.82. The van der Waals surface area contributed by atoms with Crippen molar-refractivity contribution in [2.75, 3.05) is 10.6 Å². The third kappa shape index (κ3) is 7.33. The molecule has 4 heteroatoms. The molecule has 4 nitrogen and oxygen atoms in total. The second-order valence-electron chi connectivity index (χ2n) is 10.9. The minimum atomic E-state index is -0.697. The van der Waals surface area contributed by atoms with Crippen LogP contribution in [0.4, 0.5) is 11.4 Å². The first-order chi connectivity index (χ1) is 19.2. The van der Waals surface area contributed by atoms with Crippen molar-refractivity contribution in [2.45, 2.75) is 58.4 Å². The molecule has 0 saturated carbocycles. The number of carbonyl (C=O) groups excluding carboxylic acids is 1. The van der Waals surface area contributed by atoms with E-state index in [9.17, 15) is 4.79 Å². The van der Waals surface area contributed by atoms with Crippen LogP contribution < -0.4 is 15.4 Å². The van der Waals surface area contributed by atoms with Gasteiger partial charge in [-0.05, 0) is 99.8 Å². The quantitative estimate of drug-likeness (QED) is 0.213. The van der Waals surface area contributed by atoms with Crippen molar-refractivity contribution in [3.05, 3.63) is 120 Å². The molecule has 1 atom stereocenters. The van der Waals surface area contributed by atoms with Crippen molar-refractivity contribution in [2.24, 2.45) is 0 Å². The van der Waals surface area contributed by atoms with Crippen molar-refractivity contribution >= 4 is 17.3 Å². The number of anilines is 2. The Morgan fingerprint density at radius 3 is 2.05 bits per heavy atom. The standard InChI is InChI=1S/C36H38N2O2/c1-6-35(3,4)38-31-17-12-16-30(26-31)37-34(39)36(5,7-2)29-21-23-32(24-22-29)40-33-18-11-15-28(25-33)20-19-27-13-9-8-10-14-27/h8-18,21-26,38H,6-7H2,1-5H3,(H,37,39). The lowest BCUT2D eigenvalue weighted by Gasteiger charge is -2.28. The summed E-state index contributed by atoms with van der Waals surface area (Å²) in [6.45, 7) is 10.5. The molecule has 2 N–H and O–H groups in total. The van der Waals surface area contributed by atoms with Gasteiger partial charge in [-0.2, -0.15) is 0 Å². The van der Waals surface area contributed by atoms with Gasteiger partial charge in [0, 0.05) is 28.0 Å². The van der Waals surface area contributed by atoms with Gasteiger partial charge in [-0.3, -0.25) is 4.79 Å². The van der Waals surface area contributed by atoms with Crippen LogP contribution in [-0.4, -0.2) is 11.4 Å². The lowest BCUT2D eigenvalue weighted by molar-refractivity contribution is -0.121. The number of carbonyl (C=O) groups is 1. The number of amides is 1. The van der Waals surface area contributed by atoms with Crippen molar-refractivity contribution in [3.63, 3.8) is 0 Å². The van der Waals surface area contributed by atoms with Crippen molar-refractivity contribution in [1.29, 1.82) is 0 Å². The summed E-state index contributed by atoms with van der Waals surface area (Å²) >= 11 is 0. The minimum Gasteiger partial charge on any atom is -0.457 e. The Kier molecular flexibility index (Phi) is 8.97. The highest BCUT2D eigenvalue weighted by Crippen LogP contribution is 2.32. The average Bonchev–Trinajstić information content (AvgIpc) is 2.97. The largest absolute Gasteiger partial charge is 0.457 e. The zero-order chi connectivity index (χ0) is 28.6. The first kappa shape index (κ1) is 28.5. The Morgan fingerprint density at radius 2 is 1.35 bits per heavy atom. The van der Waals surface area contributed by atoms with Crippen LogP contribution in [0.3, 0.4) is 0 Å². The monoisotopic (exact) mass is 530 g/mol. The first-order valence-corrected chi connectivity index (χ1v) is 13.9. The number of nitrogens with one attached hydrogen (secondary N) is 2. The number of hydrogen-bond donors (Lipinski definition) is 2. The molecule has 0 aliphatic carbocycles. The van der Waals surface area contributed by atoms with Gasteiger partial charge in [-0.25, -0.2) is 0 Å². The highest BCUT2D eigenvalue weighted by atomic mass is 16.5. The second-order valence-corrected chi connectivity index (χ2v) is 10.9. The maximum atomic E-state index is 13.5. The van der Waals surface area contributed by atoms with Gasteiger partial charge in [0.1, 0.15) is 11.5 Å². The van der Waals surface area contributed by atoms with Gasteiger partial charge in [0.15, 0.2) is 0 Å². The highest BCUT2D eigenvalue weighted by molar-refractivity contribution is 5.99. The summed E-state index contributed by atoms with van der Waals surface area (Å²) in [6.07, 6.45) is 1.65. The molecule has 0 radical (unpaired) electrons. The van der Waals surface area contributed by atoms with E-state index in [1.54, 1.807) is 0 Å². The van der Waals surface area contributed by atoms with Gasteiger partial charge in [0.2, 0.25) is 5.91 Å². The Bertz CT molecular complexity index is 1500. The Balaban J connectivity index is 1.45. The van der Waals surface area contributed by atoms with Crippen molar-refractivity contribution < 1.29 is 9.53 Å².